The van der Waals surface area contributed by atoms with E-state index >= 15 is 0 Å². The van der Waals surface area contributed by atoms with E-state index in [0.29, 0.717) is 5.56 Å². The Labute approximate surface area is 123 Å². The minimum atomic E-state index is -0.888. The smallest absolute Gasteiger partial charge is 0.339 e. The molecule has 0 radical (unpaired) electrons. The Morgan fingerprint density at radius 3 is 2.48 bits per heavy atom. The van der Waals surface area contributed by atoms with Crippen molar-refractivity contribution in [2.24, 2.45) is 5.73 Å². The van der Waals surface area contributed by atoms with Gasteiger partial charge in [-0.1, -0.05) is 6.07 Å². The number of hydrogen-bond acceptors (Lipinski definition) is 6. The van der Waals surface area contributed by atoms with Crippen molar-refractivity contribution in [3.8, 4) is 5.75 Å². The molecule has 6 nitrogen and oxygen atoms in total. The van der Waals surface area contributed by atoms with Crippen LogP contribution in [-0.4, -0.2) is 35.8 Å². The Morgan fingerprint density at radius 2 is 1.95 bits per heavy atom. The predicted octanol–water partition coefficient (Wildman–Crippen LogP) is 1.39. The summed E-state index contributed by atoms with van der Waals surface area (Å²) in [5, 5.41) is 9.54. The number of carbonyl (C=O) groups is 2. The highest BCUT2D eigenvalue weighted by Crippen LogP contribution is 2.21. The summed E-state index contributed by atoms with van der Waals surface area (Å²) in [6.07, 6.45) is 0.113. The standard InChI is InChI=1S/C15H21NO5/c1-15(2,3)21-13(18)11-8-10(17)6-5-9(11)7-12(16)14(19)20-4/h5-6,8,12,17H,7,16H2,1-4H3/t12-/m0/s1. The maximum absolute atomic E-state index is 12.2. The van der Waals surface area contributed by atoms with Crippen LogP contribution in [0.15, 0.2) is 18.2 Å². The number of carbonyl (C=O) groups excluding carboxylic acids is 2. The van der Waals surface area contributed by atoms with Crippen LogP contribution in [0.25, 0.3) is 0 Å². The molecule has 0 aliphatic carbocycles. The molecule has 3 N–H and O–H groups in total. The minimum Gasteiger partial charge on any atom is -0.508 e. The summed E-state index contributed by atoms with van der Waals surface area (Å²) < 4.78 is 9.84. The molecule has 0 amide bonds. The van der Waals surface area contributed by atoms with Crippen LogP contribution in [0, 0.1) is 0 Å². The van der Waals surface area contributed by atoms with Gasteiger partial charge >= 0.3 is 11.9 Å². The number of nitrogens with two attached hydrogens (primary N) is 1. The van der Waals surface area contributed by atoms with Crippen LogP contribution in [0.1, 0.15) is 36.7 Å². The van der Waals surface area contributed by atoms with Crippen molar-refractivity contribution in [1.29, 1.82) is 0 Å². The summed E-state index contributed by atoms with van der Waals surface area (Å²) in [7, 11) is 1.24. The lowest BCUT2D eigenvalue weighted by Gasteiger charge is -2.21. The summed E-state index contributed by atoms with van der Waals surface area (Å²) in [6.45, 7) is 5.23. The third-order valence-electron chi connectivity index (χ3n) is 2.66. The number of hydrogen-bond donors (Lipinski definition) is 2. The molecule has 21 heavy (non-hydrogen) atoms. The van der Waals surface area contributed by atoms with E-state index in [1.54, 1.807) is 20.8 Å². The van der Waals surface area contributed by atoms with E-state index in [2.05, 4.69) is 4.74 Å². The number of phenols is 1. The molecule has 0 aromatic heterocycles. The molecular formula is C15H21NO5. The first kappa shape index (κ1) is 17.0. The molecule has 0 aliphatic rings. The van der Waals surface area contributed by atoms with Gasteiger partial charge in [0.15, 0.2) is 0 Å². The van der Waals surface area contributed by atoms with Crippen LogP contribution in [0.5, 0.6) is 5.75 Å². The number of rotatable bonds is 4. The molecule has 0 saturated carbocycles. The average molecular weight is 295 g/mol. The molecule has 1 rings (SSSR count). The number of methoxy groups -OCH3 is 1. The van der Waals surface area contributed by atoms with E-state index < -0.39 is 23.6 Å². The zero-order valence-electron chi connectivity index (χ0n) is 12.7. The van der Waals surface area contributed by atoms with E-state index in [4.69, 9.17) is 10.5 Å². The number of benzene rings is 1. The van der Waals surface area contributed by atoms with E-state index in [-0.39, 0.29) is 17.7 Å². The quantitative estimate of drug-likeness (QED) is 0.814. The lowest BCUT2D eigenvalue weighted by atomic mass is 10.00. The molecule has 0 bridgehead atoms. The van der Waals surface area contributed by atoms with Gasteiger partial charge in [-0.25, -0.2) is 4.79 Å². The summed E-state index contributed by atoms with van der Waals surface area (Å²) >= 11 is 0. The molecule has 0 unspecified atom stereocenters. The van der Waals surface area contributed by atoms with Crippen LogP contribution in [0.2, 0.25) is 0 Å². The van der Waals surface area contributed by atoms with Gasteiger partial charge in [-0.15, -0.1) is 0 Å². The largest absolute Gasteiger partial charge is 0.508 e. The Bertz CT molecular complexity index is 533. The fourth-order valence-electron chi connectivity index (χ4n) is 1.74. The van der Waals surface area contributed by atoms with E-state index in [0.717, 1.165) is 0 Å². The predicted molar refractivity (Wildman–Crippen MR) is 77.0 cm³/mol. The number of aromatic hydroxyl groups is 1. The van der Waals surface area contributed by atoms with Crippen molar-refractivity contribution < 1.29 is 24.2 Å². The molecule has 1 aromatic carbocycles. The molecule has 0 aliphatic heterocycles. The van der Waals surface area contributed by atoms with Gasteiger partial charge in [-0.2, -0.15) is 0 Å². The maximum Gasteiger partial charge on any atom is 0.339 e. The zero-order valence-corrected chi connectivity index (χ0v) is 12.7. The molecular weight excluding hydrogens is 274 g/mol. The monoisotopic (exact) mass is 295 g/mol. The first-order valence-electron chi connectivity index (χ1n) is 6.52. The Kier molecular flexibility index (Phi) is 5.32. The highest BCUT2D eigenvalue weighted by Gasteiger charge is 2.23. The van der Waals surface area contributed by atoms with Gasteiger partial charge in [0, 0.05) is 0 Å². The second-order valence-corrected chi connectivity index (χ2v) is 5.68. The van der Waals surface area contributed by atoms with Gasteiger partial charge in [-0.05, 0) is 44.9 Å². The van der Waals surface area contributed by atoms with Gasteiger partial charge in [0.05, 0.1) is 12.7 Å². The van der Waals surface area contributed by atoms with E-state index in [1.807, 2.05) is 0 Å². The van der Waals surface area contributed by atoms with Crippen molar-refractivity contribution in [2.75, 3.05) is 7.11 Å². The van der Waals surface area contributed by atoms with Crippen molar-refractivity contribution in [1.82, 2.24) is 0 Å². The van der Waals surface area contributed by atoms with Gasteiger partial charge in [-0.3, -0.25) is 4.79 Å². The average Bonchev–Trinajstić information content (AvgIpc) is 2.37. The summed E-state index contributed by atoms with van der Waals surface area (Å²) in [5.41, 5.74) is 5.74. The molecule has 116 valence electrons. The van der Waals surface area contributed by atoms with Crippen molar-refractivity contribution >= 4 is 11.9 Å². The first-order chi connectivity index (χ1) is 9.64. The third kappa shape index (κ3) is 5.07. The summed E-state index contributed by atoms with van der Waals surface area (Å²) in [4.78, 5) is 23.5. The van der Waals surface area contributed by atoms with Crippen molar-refractivity contribution in [3.05, 3.63) is 29.3 Å². The van der Waals surface area contributed by atoms with Gasteiger partial charge in [0.25, 0.3) is 0 Å². The Balaban J connectivity index is 3.05. The van der Waals surface area contributed by atoms with Crippen LogP contribution >= 0.6 is 0 Å². The third-order valence-corrected chi connectivity index (χ3v) is 2.66. The second-order valence-electron chi connectivity index (χ2n) is 5.68. The zero-order chi connectivity index (χ0) is 16.2. The van der Waals surface area contributed by atoms with Gasteiger partial charge < -0.3 is 20.3 Å². The molecule has 6 heteroatoms. The molecule has 0 fully saturated rings. The fraction of sp³-hybridized carbons (Fsp3) is 0.467. The number of ether oxygens (including phenoxy) is 2. The fourth-order valence-corrected chi connectivity index (χ4v) is 1.74. The Morgan fingerprint density at radius 1 is 1.33 bits per heavy atom. The van der Waals surface area contributed by atoms with E-state index in [9.17, 15) is 14.7 Å². The second kappa shape index (κ2) is 6.58. The molecule has 1 atom stereocenters. The van der Waals surface area contributed by atoms with Crippen LogP contribution in [0.4, 0.5) is 0 Å². The molecule has 0 saturated heterocycles. The molecule has 0 heterocycles. The van der Waals surface area contributed by atoms with Crippen LogP contribution in [0.3, 0.4) is 0 Å². The van der Waals surface area contributed by atoms with Crippen molar-refractivity contribution in [2.45, 2.75) is 38.8 Å². The SMILES string of the molecule is COC(=O)[C@@H](N)Cc1ccc(O)cc1C(=O)OC(C)(C)C. The maximum atomic E-state index is 12.2. The minimum absolute atomic E-state index is 0.0637. The lowest BCUT2D eigenvalue weighted by molar-refractivity contribution is -0.142. The normalized spacial score (nSPS) is 12.6. The highest BCUT2D eigenvalue weighted by molar-refractivity contribution is 5.92. The first-order valence-corrected chi connectivity index (χ1v) is 6.52. The van der Waals surface area contributed by atoms with E-state index in [1.165, 1.54) is 25.3 Å². The van der Waals surface area contributed by atoms with Gasteiger partial charge in [0.2, 0.25) is 0 Å². The van der Waals surface area contributed by atoms with Crippen LogP contribution in [-0.2, 0) is 20.7 Å². The molecule has 1 aromatic rings. The highest BCUT2D eigenvalue weighted by atomic mass is 16.6. The molecule has 0 spiro atoms. The number of phenolic OH excluding ortho intramolecular Hbond substituents is 1. The number of esters is 2. The van der Waals surface area contributed by atoms with Crippen molar-refractivity contribution in [3.63, 3.8) is 0 Å². The lowest BCUT2D eigenvalue weighted by Crippen LogP contribution is -2.34. The Hall–Kier alpha value is -2.08. The van der Waals surface area contributed by atoms with Crippen LogP contribution < -0.4 is 5.73 Å². The van der Waals surface area contributed by atoms with Gasteiger partial charge in [0.1, 0.15) is 17.4 Å². The summed E-state index contributed by atoms with van der Waals surface area (Å²) in [6, 6.07) is 3.37. The summed E-state index contributed by atoms with van der Waals surface area (Å²) in [5.74, 6) is -1.21. The topological polar surface area (TPSA) is 98.9 Å².